The lowest BCUT2D eigenvalue weighted by atomic mass is 10.1. The van der Waals surface area contributed by atoms with Crippen LogP contribution in [-0.4, -0.2) is 27.9 Å². The largest absolute Gasteiger partial charge is 0.365 e. The Morgan fingerprint density at radius 2 is 1.87 bits per heavy atom. The molecule has 2 aromatic rings. The fourth-order valence-corrected chi connectivity index (χ4v) is 3.46. The molecule has 0 radical (unpaired) electrons. The highest BCUT2D eigenvalue weighted by molar-refractivity contribution is 7.99. The van der Waals surface area contributed by atoms with Gasteiger partial charge in [0.1, 0.15) is 16.4 Å². The molecule has 1 aromatic heterocycles. The summed E-state index contributed by atoms with van der Waals surface area (Å²) < 4.78 is 0. The third-order valence-electron chi connectivity index (χ3n) is 3.05. The number of hydrogen-bond donors (Lipinski definition) is 2. The van der Waals surface area contributed by atoms with E-state index in [2.05, 4.69) is 21.4 Å². The second-order valence-corrected chi connectivity index (χ2v) is 7.06. The van der Waals surface area contributed by atoms with Gasteiger partial charge in [-0.15, -0.1) is 11.8 Å². The zero-order valence-corrected chi connectivity index (χ0v) is 15.3. The molecule has 1 aromatic carbocycles. The maximum absolute atomic E-state index is 11.9. The van der Waals surface area contributed by atoms with Crippen LogP contribution in [0.3, 0.4) is 0 Å². The van der Waals surface area contributed by atoms with Crippen LogP contribution in [0.1, 0.15) is 28.4 Å². The molecule has 1 amide bonds. The first-order valence-corrected chi connectivity index (χ1v) is 9.39. The van der Waals surface area contributed by atoms with E-state index in [0.717, 1.165) is 22.6 Å². The van der Waals surface area contributed by atoms with Crippen LogP contribution >= 0.6 is 23.5 Å². The Hall–Kier alpha value is -1.73. The van der Waals surface area contributed by atoms with Gasteiger partial charge in [0.15, 0.2) is 5.16 Å². The van der Waals surface area contributed by atoms with Crippen LogP contribution in [0.25, 0.3) is 0 Å². The number of rotatable bonds is 6. The maximum Gasteiger partial charge on any atom is 0.255 e. The van der Waals surface area contributed by atoms with Crippen molar-refractivity contribution >= 4 is 40.9 Å². The van der Waals surface area contributed by atoms with Crippen molar-refractivity contribution in [3.05, 3.63) is 34.9 Å². The minimum absolute atomic E-state index is 0.331. The van der Waals surface area contributed by atoms with Crippen molar-refractivity contribution in [2.24, 2.45) is 5.73 Å². The van der Waals surface area contributed by atoms with Gasteiger partial charge in [0.2, 0.25) is 0 Å². The van der Waals surface area contributed by atoms with E-state index in [9.17, 15) is 4.79 Å². The average molecular weight is 348 g/mol. The van der Waals surface area contributed by atoms with E-state index in [1.165, 1.54) is 23.5 Å². The first-order chi connectivity index (χ1) is 10.9. The van der Waals surface area contributed by atoms with Crippen molar-refractivity contribution in [2.45, 2.75) is 31.0 Å². The Labute approximate surface area is 144 Å². The van der Waals surface area contributed by atoms with E-state index in [4.69, 9.17) is 5.73 Å². The number of thioether (sulfide) groups is 2. The number of anilines is 2. The lowest BCUT2D eigenvalue weighted by Gasteiger charge is -2.14. The normalized spacial score (nSPS) is 10.6. The highest BCUT2D eigenvalue weighted by atomic mass is 32.2. The third kappa shape index (κ3) is 4.39. The molecule has 0 saturated carbocycles. The molecule has 23 heavy (non-hydrogen) atoms. The van der Waals surface area contributed by atoms with E-state index in [1.54, 1.807) is 0 Å². The van der Waals surface area contributed by atoms with Gasteiger partial charge in [-0.05, 0) is 49.1 Å². The van der Waals surface area contributed by atoms with E-state index < -0.39 is 5.91 Å². The molecule has 1 heterocycles. The quantitative estimate of drug-likeness (QED) is 0.470. The van der Waals surface area contributed by atoms with Crippen molar-refractivity contribution < 1.29 is 4.79 Å². The van der Waals surface area contributed by atoms with Gasteiger partial charge in [-0.25, -0.2) is 9.97 Å². The molecular weight excluding hydrogens is 328 g/mol. The maximum atomic E-state index is 11.9. The van der Waals surface area contributed by atoms with Crippen LogP contribution in [0.4, 0.5) is 11.5 Å². The number of nitrogens with one attached hydrogen (secondary N) is 1. The van der Waals surface area contributed by atoms with Crippen molar-refractivity contribution in [3.63, 3.8) is 0 Å². The first kappa shape index (κ1) is 17.6. The minimum atomic E-state index is -0.533. The first-order valence-electron chi connectivity index (χ1n) is 7.18. The number of primary amides is 1. The lowest BCUT2D eigenvalue weighted by Crippen LogP contribution is -2.17. The summed E-state index contributed by atoms with van der Waals surface area (Å²) in [4.78, 5) is 20.8. The molecule has 0 spiro atoms. The van der Waals surface area contributed by atoms with Gasteiger partial charge in [0.05, 0.1) is 0 Å². The van der Waals surface area contributed by atoms with E-state index >= 15 is 0 Å². The van der Waals surface area contributed by atoms with Crippen molar-refractivity contribution in [3.8, 4) is 0 Å². The fourth-order valence-electron chi connectivity index (χ4n) is 2.26. The molecule has 0 aliphatic carbocycles. The number of aromatic nitrogens is 2. The third-order valence-corrected chi connectivity index (χ3v) is 4.46. The molecule has 0 fully saturated rings. The predicted octanol–water partition coefficient (Wildman–Crippen LogP) is 3.77. The van der Waals surface area contributed by atoms with Gasteiger partial charge in [0, 0.05) is 5.69 Å². The molecule has 5 nitrogen and oxygen atoms in total. The Balaban J connectivity index is 2.53. The lowest BCUT2D eigenvalue weighted by molar-refractivity contribution is 0.0997. The molecule has 0 unspecified atom stereocenters. The van der Waals surface area contributed by atoms with E-state index in [0.29, 0.717) is 21.6 Å². The highest BCUT2D eigenvalue weighted by Gasteiger charge is 2.19. The molecule has 0 aliphatic rings. The van der Waals surface area contributed by atoms with E-state index in [1.807, 2.05) is 39.2 Å². The molecule has 0 atom stereocenters. The number of amides is 1. The second kappa shape index (κ2) is 7.70. The number of benzene rings is 1. The summed E-state index contributed by atoms with van der Waals surface area (Å²) >= 11 is 2.92. The molecule has 0 saturated heterocycles. The summed E-state index contributed by atoms with van der Waals surface area (Å²) in [6, 6.07) is 6.10. The Bertz CT molecular complexity index is 714. The van der Waals surface area contributed by atoms with Crippen LogP contribution in [0, 0.1) is 13.8 Å². The summed E-state index contributed by atoms with van der Waals surface area (Å²) in [5.41, 5.74) is 9.03. The van der Waals surface area contributed by atoms with Crippen LogP contribution in [0.15, 0.2) is 28.4 Å². The van der Waals surface area contributed by atoms with Gasteiger partial charge >= 0.3 is 0 Å². The van der Waals surface area contributed by atoms with Crippen LogP contribution in [-0.2, 0) is 0 Å². The Kier molecular flexibility index (Phi) is 5.90. The van der Waals surface area contributed by atoms with Crippen LogP contribution in [0.5, 0.6) is 0 Å². The van der Waals surface area contributed by atoms with Crippen molar-refractivity contribution in [1.29, 1.82) is 0 Å². The summed E-state index contributed by atoms with van der Waals surface area (Å²) in [5, 5.41) is 4.46. The van der Waals surface area contributed by atoms with Gasteiger partial charge < -0.3 is 11.1 Å². The molecule has 3 N–H and O–H groups in total. The summed E-state index contributed by atoms with van der Waals surface area (Å²) in [6.07, 6.45) is 1.87. The minimum Gasteiger partial charge on any atom is -0.365 e. The number of carbonyl (C=O) groups excluding carboxylic acids is 1. The van der Waals surface area contributed by atoms with Crippen molar-refractivity contribution in [2.75, 3.05) is 17.3 Å². The van der Waals surface area contributed by atoms with Gasteiger partial charge in [-0.1, -0.05) is 24.8 Å². The van der Waals surface area contributed by atoms with Crippen molar-refractivity contribution in [1.82, 2.24) is 9.97 Å². The number of aryl methyl sites for hydroxylation is 2. The zero-order chi connectivity index (χ0) is 17.0. The number of nitrogens with zero attached hydrogens (tertiary/aromatic N) is 2. The fraction of sp³-hybridized carbons (Fsp3) is 0.312. The molecule has 7 heteroatoms. The predicted molar refractivity (Wildman–Crippen MR) is 97.9 cm³/mol. The van der Waals surface area contributed by atoms with Gasteiger partial charge in [-0.3, -0.25) is 4.79 Å². The van der Waals surface area contributed by atoms with Gasteiger partial charge in [0.25, 0.3) is 5.91 Å². The number of hydrogen-bond acceptors (Lipinski definition) is 6. The number of nitrogens with two attached hydrogens (primary N) is 1. The molecular formula is C16H20N4OS2. The topological polar surface area (TPSA) is 80.9 Å². The summed E-state index contributed by atoms with van der Waals surface area (Å²) in [6.45, 7) is 6.09. The standard InChI is InChI=1S/C16H20N4OS2/c1-5-23-16-19-14(12(13(17)21)15(20-16)22-4)18-11-7-9(2)6-10(3)8-11/h6-8H,5H2,1-4H3,(H2,17,21)(H,18,19,20). The molecule has 122 valence electrons. The van der Waals surface area contributed by atoms with E-state index in [-0.39, 0.29) is 0 Å². The second-order valence-electron chi connectivity index (χ2n) is 5.04. The molecule has 0 aliphatic heterocycles. The average Bonchev–Trinajstić information content (AvgIpc) is 2.45. The zero-order valence-electron chi connectivity index (χ0n) is 13.6. The summed E-state index contributed by atoms with van der Waals surface area (Å²) in [7, 11) is 0. The summed E-state index contributed by atoms with van der Waals surface area (Å²) in [5.74, 6) is 0.777. The van der Waals surface area contributed by atoms with Crippen LogP contribution < -0.4 is 11.1 Å². The number of carbonyl (C=O) groups is 1. The Morgan fingerprint density at radius 3 is 2.39 bits per heavy atom. The molecule has 2 rings (SSSR count). The SMILES string of the molecule is CCSc1nc(Nc2cc(C)cc(C)c2)c(C(N)=O)c(SC)n1. The smallest absolute Gasteiger partial charge is 0.255 e. The Morgan fingerprint density at radius 1 is 1.22 bits per heavy atom. The van der Waals surface area contributed by atoms with Crippen LogP contribution in [0.2, 0.25) is 0 Å². The van der Waals surface area contributed by atoms with Gasteiger partial charge in [-0.2, -0.15) is 0 Å². The monoisotopic (exact) mass is 348 g/mol. The highest BCUT2D eigenvalue weighted by Crippen LogP contribution is 2.29. The molecule has 0 bridgehead atoms.